The summed E-state index contributed by atoms with van der Waals surface area (Å²) in [6, 6.07) is 5.26. The van der Waals surface area contributed by atoms with Crippen molar-refractivity contribution in [3.63, 3.8) is 0 Å². The first-order chi connectivity index (χ1) is 7.84. The molecule has 0 fully saturated rings. The van der Waals surface area contributed by atoms with Gasteiger partial charge in [-0.25, -0.2) is 4.79 Å². The first-order valence-corrected chi connectivity index (χ1v) is 5.44. The number of hydrogen-bond donors (Lipinski definition) is 1. The molecule has 0 saturated carbocycles. The van der Waals surface area contributed by atoms with Gasteiger partial charge in [-0.1, -0.05) is 26.8 Å². The number of hydrogen-bond acceptors (Lipinski definition) is 3. The molecule has 0 spiro atoms. The molecule has 1 aromatic carbocycles. The third kappa shape index (κ3) is 3.63. The zero-order valence-corrected chi connectivity index (χ0v) is 10.7. The van der Waals surface area contributed by atoms with Crippen molar-refractivity contribution in [3.05, 3.63) is 35.4 Å². The molecule has 0 amide bonds. The zero-order chi connectivity index (χ0) is 13.1. The maximum Gasteiger partial charge on any atom is 0.330 e. The van der Waals surface area contributed by atoms with Crippen molar-refractivity contribution in [3.8, 4) is 5.75 Å². The molecule has 1 rings (SSSR count). The molecule has 0 unspecified atom stereocenters. The van der Waals surface area contributed by atoms with Gasteiger partial charge in [0.2, 0.25) is 0 Å². The number of ether oxygens (including phenoxy) is 1. The molecule has 0 radical (unpaired) electrons. The molecule has 3 heteroatoms. The first kappa shape index (κ1) is 13.3. The highest BCUT2D eigenvalue weighted by molar-refractivity contribution is 5.87. The molecule has 0 aliphatic carbocycles. The topological polar surface area (TPSA) is 46.5 Å². The third-order valence-corrected chi connectivity index (χ3v) is 2.44. The van der Waals surface area contributed by atoms with Crippen molar-refractivity contribution in [2.45, 2.75) is 26.2 Å². The van der Waals surface area contributed by atoms with Gasteiger partial charge in [-0.05, 0) is 34.8 Å². The second-order valence-electron chi connectivity index (χ2n) is 4.88. The molecule has 0 heterocycles. The maximum atomic E-state index is 11.0. The Bertz CT molecular complexity index is 439. The van der Waals surface area contributed by atoms with Gasteiger partial charge in [-0.3, -0.25) is 0 Å². The fourth-order valence-electron chi connectivity index (χ4n) is 1.49. The van der Waals surface area contributed by atoms with Gasteiger partial charge < -0.3 is 9.84 Å². The van der Waals surface area contributed by atoms with Crippen molar-refractivity contribution in [1.29, 1.82) is 0 Å². The minimum Gasteiger partial charge on any atom is -0.508 e. The molecular formula is C14H18O3. The maximum absolute atomic E-state index is 11.0. The number of carbonyl (C=O) groups is 1. The Morgan fingerprint density at radius 2 is 2.00 bits per heavy atom. The van der Waals surface area contributed by atoms with Gasteiger partial charge in [-0.15, -0.1) is 0 Å². The Kier molecular flexibility index (Phi) is 3.94. The van der Waals surface area contributed by atoms with Crippen LogP contribution in [0.25, 0.3) is 6.08 Å². The Labute approximate surface area is 102 Å². The summed E-state index contributed by atoms with van der Waals surface area (Å²) in [6.07, 6.45) is 3.03. The van der Waals surface area contributed by atoms with Crippen molar-refractivity contribution < 1.29 is 14.6 Å². The largest absolute Gasteiger partial charge is 0.508 e. The van der Waals surface area contributed by atoms with Crippen LogP contribution in [0.1, 0.15) is 31.9 Å². The summed E-state index contributed by atoms with van der Waals surface area (Å²) in [6.45, 7) is 6.07. The number of carbonyl (C=O) groups excluding carboxylic acids is 1. The van der Waals surface area contributed by atoms with E-state index in [1.807, 2.05) is 26.8 Å². The molecule has 1 aromatic rings. The average Bonchev–Trinajstić information content (AvgIpc) is 2.26. The van der Waals surface area contributed by atoms with Gasteiger partial charge in [-0.2, -0.15) is 0 Å². The summed E-state index contributed by atoms with van der Waals surface area (Å²) in [5.74, 6) is -0.122. The summed E-state index contributed by atoms with van der Waals surface area (Å²) in [5, 5.41) is 9.78. The Hall–Kier alpha value is -1.77. The molecule has 0 aliphatic heterocycles. The summed E-state index contributed by atoms with van der Waals surface area (Å²) in [7, 11) is 1.34. The van der Waals surface area contributed by atoms with Crippen LogP contribution < -0.4 is 0 Å². The van der Waals surface area contributed by atoms with Crippen LogP contribution in [-0.4, -0.2) is 18.2 Å². The van der Waals surface area contributed by atoms with Crippen LogP contribution in [0, 0.1) is 0 Å². The normalized spacial score (nSPS) is 11.8. The molecule has 92 valence electrons. The van der Waals surface area contributed by atoms with E-state index in [2.05, 4.69) is 4.74 Å². The van der Waals surface area contributed by atoms with E-state index in [4.69, 9.17) is 0 Å². The number of rotatable bonds is 2. The fourth-order valence-corrected chi connectivity index (χ4v) is 1.49. The van der Waals surface area contributed by atoms with E-state index in [1.54, 1.807) is 18.2 Å². The highest BCUT2D eigenvalue weighted by Crippen LogP contribution is 2.31. The van der Waals surface area contributed by atoms with E-state index in [1.165, 1.54) is 13.2 Å². The van der Waals surface area contributed by atoms with Gasteiger partial charge in [0, 0.05) is 6.08 Å². The van der Waals surface area contributed by atoms with Gasteiger partial charge >= 0.3 is 5.97 Å². The van der Waals surface area contributed by atoms with Crippen LogP contribution in [0.4, 0.5) is 0 Å². The minimum atomic E-state index is -0.393. The van der Waals surface area contributed by atoms with Crippen molar-refractivity contribution in [1.82, 2.24) is 0 Å². The summed E-state index contributed by atoms with van der Waals surface area (Å²) < 4.78 is 4.52. The number of esters is 1. The molecule has 0 aromatic heterocycles. The lowest BCUT2D eigenvalue weighted by atomic mass is 9.85. The van der Waals surface area contributed by atoms with E-state index in [0.29, 0.717) is 0 Å². The van der Waals surface area contributed by atoms with Crippen LogP contribution in [0.2, 0.25) is 0 Å². The smallest absolute Gasteiger partial charge is 0.330 e. The van der Waals surface area contributed by atoms with Crippen LogP contribution >= 0.6 is 0 Å². The van der Waals surface area contributed by atoms with Crippen LogP contribution in [-0.2, 0) is 14.9 Å². The lowest BCUT2D eigenvalue weighted by Gasteiger charge is -2.20. The van der Waals surface area contributed by atoms with Gasteiger partial charge in [0.1, 0.15) is 5.75 Å². The molecule has 17 heavy (non-hydrogen) atoms. The van der Waals surface area contributed by atoms with Gasteiger partial charge in [0.15, 0.2) is 0 Å². The fraction of sp³-hybridized carbons (Fsp3) is 0.357. The number of benzene rings is 1. The van der Waals surface area contributed by atoms with Crippen LogP contribution in [0.3, 0.4) is 0 Å². The number of phenolic OH excluding ortho intramolecular Hbond substituents is 1. The quantitative estimate of drug-likeness (QED) is 0.632. The predicted molar refractivity (Wildman–Crippen MR) is 67.9 cm³/mol. The monoisotopic (exact) mass is 234 g/mol. The van der Waals surface area contributed by atoms with E-state index >= 15 is 0 Å². The van der Waals surface area contributed by atoms with Crippen LogP contribution in [0.15, 0.2) is 24.3 Å². The van der Waals surface area contributed by atoms with E-state index < -0.39 is 5.97 Å². The third-order valence-electron chi connectivity index (χ3n) is 2.44. The lowest BCUT2D eigenvalue weighted by molar-refractivity contribution is -0.134. The van der Waals surface area contributed by atoms with Crippen molar-refractivity contribution in [2.75, 3.05) is 7.11 Å². The van der Waals surface area contributed by atoms with E-state index in [-0.39, 0.29) is 11.2 Å². The average molecular weight is 234 g/mol. The SMILES string of the molecule is COC(=O)C=Cc1ccc(O)c(C(C)(C)C)c1. The van der Waals surface area contributed by atoms with Gasteiger partial charge in [0.25, 0.3) is 0 Å². The molecule has 3 nitrogen and oxygen atoms in total. The Morgan fingerprint density at radius 3 is 2.53 bits per heavy atom. The molecule has 0 saturated heterocycles. The summed E-state index contributed by atoms with van der Waals surface area (Å²) >= 11 is 0. The highest BCUT2D eigenvalue weighted by atomic mass is 16.5. The first-order valence-electron chi connectivity index (χ1n) is 5.44. The minimum absolute atomic E-state index is 0.140. The molecule has 1 N–H and O–H groups in total. The Balaban J connectivity index is 3.05. The standard InChI is InChI=1S/C14H18O3/c1-14(2,3)11-9-10(5-7-12(11)15)6-8-13(16)17-4/h5-9,15H,1-4H3. The molecular weight excluding hydrogens is 216 g/mol. The molecule has 0 aliphatic rings. The Morgan fingerprint density at radius 1 is 1.35 bits per heavy atom. The highest BCUT2D eigenvalue weighted by Gasteiger charge is 2.17. The zero-order valence-electron chi connectivity index (χ0n) is 10.7. The van der Waals surface area contributed by atoms with Crippen molar-refractivity contribution in [2.24, 2.45) is 0 Å². The van der Waals surface area contributed by atoms with Gasteiger partial charge in [0.05, 0.1) is 7.11 Å². The molecule has 0 atom stereocenters. The van der Waals surface area contributed by atoms with E-state index in [0.717, 1.165) is 11.1 Å². The second-order valence-corrected chi connectivity index (χ2v) is 4.88. The number of aromatic hydroxyl groups is 1. The van der Waals surface area contributed by atoms with Crippen molar-refractivity contribution >= 4 is 12.0 Å². The summed E-state index contributed by atoms with van der Waals surface area (Å²) in [4.78, 5) is 11.0. The van der Waals surface area contributed by atoms with Crippen LogP contribution in [0.5, 0.6) is 5.75 Å². The summed E-state index contributed by atoms with van der Waals surface area (Å²) in [5.41, 5.74) is 1.57. The molecule has 0 bridgehead atoms. The number of methoxy groups -OCH3 is 1. The lowest BCUT2D eigenvalue weighted by Crippen LogP contribution is -2.11. The number of phenols is 1. The van der Waals surface area contributed by atoms with E-state index in [9.17, 15) is 9.90 Å². The predicted octanol–water partition coefficient (Wildman–Crippen LogP) is 2.88. The second kappa shape index (κ2) is 5.04.